The predicted molar refractivity (Wildman–Crippen MR) is 79.7 cm³/mol. The van der Waals surface area contributed by atoms with Gasteiger partial charge in [0, 0.05) is 32.1 Å². The van der Waals surface area contributed by atoms with E-state index in [9.17, 15) is 0 Å². The molecule has 1 unspecified atom stereocenters. The van der Waals surface area contributed by atoms with Crippen LogP contribution in [-0.4, -0.2) is 44.7 Å². The molecule has 20 heavy (non-hydrogen) atoms. The zero-order chi connectivity index (χ0) is 14.8. The average Bonchev–Trinajstić information content (AvgIpc) is 2.89. The van der Waals surface area contributed by atoms with Gasteiger partial charge in [-0.1, -0.05) is 13.8 Å². The van der Waals surface area contributed by atoms with Gasteiger partial charge in [0.15, 0.2) is 0 Å². The Bertz CT molecular complexity index is 353. The maximum absolute atomic E-state index is 6.11. The van der Waals surface area contributed by atoms with Crippen LogP contribution in [0.4, 0.5) is 0 Å². The van der Waals surface area contributed by atoms with Crippen molar-refractivity contribution in [3.8, 4) is 0 Å². The highest BCUT2D eigenvalue weighted by Crippen LogP contribution is 2.18. The lowest BCUT2D eigenvalue weighted by atomic mass is 10.00. The Labute approximate surface area is 122 Å². The molecule has 0 aliphatic heterocycles. The van der Waals surface area contributed by atoms with E-state index in [-0.39, 0.29) is 6.04 Å². The maximum atomic E-state index is 6.11. The van der Waals surface area contributed by atoms with Crippen LogP contribution in [0.2, 0.25) is 0 Å². The van der Waals surface area contributed by atoms with Gasteiger partial charge >= 0.3 is 0 Å². The summed E-state index contributed by atoms with van der Waals surface area (Å²) in [6.45, 7) is 8.25. The number of aromatic nitrogens is 1. The number of methoxy groups -OCH3 is 1. The Morgan fingerprint density at radius 2 is 1.75 bits per heavy atom. The molecule has 0 spiro atoms. The summed E-state index contributed by atoms with van der Waals surface area (Å²) < 4.78 is 17.8. The second-order valence-electron chi connectivity index (χ2n) is 5.17. The number of ether oxygens (including phenoxy) is 3. The molecule has 0 aromatic carbocycles. The van der Waals surface area contributed by atoms with Crippen LogP contribution in [0, 0.1) is 5.92 Å². The first-order chi connectivity index (χ1) is 9.65. The first kappa shape index (κ1) is 17.2. The molecule has 2 N–H and O–H groups in total. The largest absolute Gasteiger partial charge is 0.382 e. The molecule has 116 valence electrons. The SMILES string of the molecule is COCCOCCOCCn1ccc(C(N)C(C)C)c1. The van der Waals surface area contributed by atoms with E-state index in [0.29, 0.717) is 39.0 Å². The van der Waals surface area contributed by atoms with Crippen LogP contribution in [0.15, 0.2) is 18.5 Å². The van der Waals surface area contributed by atoms with Crippen molar-refractivity contribution in [2.75, 3.05) is 40.1 Å². The van der Waals surface area contributed by atoms with Gasteiger partial charge in [-0.3, -0.25) is 0 Å². The molecular formula is C15H28N2O3. The number of hydrogen-bond acceptors (Lipinski definition) is 4. The zero-order valence-corrected chi connectivity index (χ0v) is 12.9. The highest BCUT2D eigenvalue weighted by molar-refractivity contribution is 5.15. The summed E-state index contributed by atoms with van der Waals surface area (Å²) in [6.07, 6.45) is 4.15. The normalized spacial score (nSPS) is 13.1. The molecule has 1 aromatic heterocycles. The van der Waals surface area contributed by atoms with Gasteiger partial charge in [-0.15, -0.1) is 0 Å². The smallest absolute Gasteiger partial charge is 0.0701 e. The molecule has 0 aliphatic carbocycles. The summed E-state index contributed by atoms with van der Waals surface area (Å²) in [5.74, 6) is 0.450. The second kappa shape index (κ2) is 9.94. The third kappa shape index (κ3) is 6.52. The lowest BCUT2D eigenvalue weighted by Gasteiger charge is -2.13. The van der Waals surface area contributed by atoms with Crippen molar-refractivity contribution in [1.29, 1.82) is 0 Å². The van der Waals surface area contributed by atoms with E-state index in [0.717, 1.165) is 6.54 Å². The predicted octanol–water partition coefficient (Wildman–Crippen LogP) is 1.82. The van der Waals surface area contributed by atoms with Gasteiger partial charge in [0.05, 0.1) is 33.0 Å². The summed E-state index contributed by atoms with van der Waals surface area (Å²) in [6, 6.07) is 2.18. The summed E-state index contributed by atoms with van der Waals surface area (Å²) >= 11 is 0. The van der Waals surface area contributed by atoms with Crippen LogP contribution in [0.1, 0.15) is 25.5 Å². The van der Waals surface area contributed by atoms with Crippen molar-refractivity contribution in [1.82, 2.24) is 4.57 Å². The molecule has 1 aromatic rings. The first-order valence-electron chi connectivity index (χ1n) is 7.20. The highest BCUT2D eigenvalue weighted by Gasteiger charge is 2.11. The minimum absolute atomic E-state index is 0.103. The van der Waals surface area contributed by atoms with E-state index in [1.807, 2.05) is 0 Å². The number of rotatable bonds is 11. The van der Waals surface area contributed by atoms with Gasteiger partial charge in [-0.05, 0) is 17.5 Å². The Hall–Kier alpha value is -0.880. The van der Waals surface area contributed by atoms with Crippen molar-refractivity contribution in [3.05, 3.63) is 24.0 Å². The molecule has 0 amide bonds. The van der Waals surface area contributed by atoms with E-state index >= 15 is 0 Å². The van der Waals surface area contributed by atoms with Crippen LogP contribution >= 0.6 is 0 Å². The van der Waals surface area contributed by atoms with Gasteiger partial charge in [0.1, 0.15) is 0 Å². The summed E-state index contributed by atoms with van der Waals surface area (Å²) in [7, 11) is 1.66. The van der Waals surface area contributed by atoms with Crippen molar-refractivity contribution in [2.24, 2.45) is 11.7 Å². The molecule has 0 radical (unpaired) electrons. The molecule has 1 rings (SSSR count). The molecule has 5 nitrogen and oxygen atoms in total. The lowest BCUT2D eigenvalue weighted by molar-refractivity contribution is 0.0230. The van der Waals surface area contributed by atoms with Crippen LogP contribution < -0.4 is 5.73 Å². The Balaban J connectivity index is 2.10. The van der Waals surface area contributed by atoms with Crippen LogP contribution in [0.3, 0.4) is 0 Å². The van der Waals surface area contributed by atoms with E-state index in [1.165, 1.54) is 5.56 Å². The van der Waals surface area contributed by atoms with Crippen LogP contribution in [0.5, 0.6) is 0 Å². The van der Waals surface area contributed by atoms with Crippen molar-refractivity contribution < 1.29 is 14.2 Å². The summed E-state index contributed by atoms with van der Waals surface area (Å²) in [5.41, 5.74) is 7.30. The fourth-order valence-electron chi connectivity index (χ4n) is 1.81. The number of nitrogens with zero attached hydrogens (tertiary/aromatic N) is 1. The van der Waals surface area contributed by atoms with Gasteiger partial charge in [-0.25, -0.2) is 0 Å². The lowest BCUT2D eigenvalue weighted by Crippen LogP contribution is -2.16. The van der Waals surface area contributed by atoms with E-state index in [2.05, 4.69) is 36.9 Å². The molecule has 1 atom stereocenters. The van der Waals surface area contributed by atoms with E-state index in [4.69, 9.17) is 19.9 Å². The van der Waals surface area contributed by atoms with Crippen molar-refractivity contribution in [3.63, 3.8) is 0 Å². The van der Waals surface area contributed by atoms with E-state index in [1.54, 1.807) is 7.11 Å². The minimum atomic E-state index is 0.103. The monoisotopic (exact) mass is 284 g/mol. The average molecular weight is 284 g/mol. The Kier molecular flexibility index (Phi) is 8.53. The highest BCUT2D eigenvalue weighted by atomic mass is 16.5. The van der Waals surface area contributed by atoms with Crippen LogP contribution in [0.25, 0.3) is 0 Å². The minimum Gasteiger partial charge on any atom is -0.382 e. The summed E-state index contributed by atoms with van der Waals surface area (Å²) in [5, 5.41) is 0. The van der Waals surface area contributed by atoms with Gasteiger partial charge in [0.25, 0.3) is 0 Å². The fraction of sp³-hybridized carbons (Fsp3) is 0.733. The Morgan fingerprint density at radius 1 is 1.10 bits per heavy atom. The molecular weight excluding hydrogens is 256 g/mol. The first-order valence-corrected chi connectivity index (χ1v) is 7.20. The zero-order valence-electron chi connectivity index (χ0n) is 12.9. The van der Waals surface area contributed by atoms with Crippen molar-refractivity contribution >= 4 is 0 Å². The standard InChI is InChI=1S/C15H28N2O3/c1-13(2)15(16)14-4-5-17(12-14)6-7-19-10-11-20-9-8-18-3/h4-5,12-13,15H,6-11,16H2,1-3H3. The number of hydrogen-bond donors (Lipinski definition) is 1. The quantitative estimate of drug-likeness (QED) is 0.630. The topological polar surface area (TPSA) is 58.6 Å². The number of nitrogens with two attached hydrogens (primary N) is 1. The second-order valence-corrected chi connectivity index (χ2v) is 5.17. The molecule has 0 saturated heterocycles. The fourth-order valence-corrected chi connectivity index (χ4v) is 1.81. The van der Waals surface area contributed by atoms with Crippen molar-refractivity contribution in [2.45, 2.75) is 26.4 Å². The molecule has 1 heterocycles. The Morgan fingerprint density at radius 3 is 2.40 bits per heavy atom. The van der Waals surface area contributed by atoms with E-state index < -0.39 is 0 Å². The van der Waals surface area contributed by atoms with Gasteiger partial charge < -0.3 is 24.5 Å². The molecule has 5 heteroatoms. The third-order valence-electron chi connectivity index (χ3n) is 3.17. The van der Waals surface area contributed by atoms with Gasteiger partial charge in [0.2, 0.25) is 0 Å². The molecule has 0 aliphatic rings. The van der Waals surface area contributed by atoms with Gasteiger partial charge in [-0.2, -0.15) is 0 Å². The molecule has 0 bridgehead atoms. The molecule has 0 fully saturated rings. The van der Waals surface area contributed by atoms with Crippen LogP contribution in [-0.2, 0) is 20.8 Å². The summed E-state index contributed by atoms with van der Waals surface area (Å²) in [4.78, 5) is 0. The molecule has 0 saturated carbocycles. The third-order valence-corrected chi connectivity index (χ3v) is 3.17. The maximum Gasteiger partial charge on any atom is 0.0701 e.